The molecule has 1 aromatic carbocycles. The van der Waals surface area contributed by atoms with Crippen molar-refractivity contribution in [2.75, 3.05) is 13.6 Å². The Kier molecular flexibility index (Phi) is 2.89. The zero-order valence-electron chi connectivity index (χ0n) is 8.71. The zero-order valence-corrected chi connectivity index (χ0v) is 8.71. The van der Waals surface area contributed by atoms with Crippen molar-refractivity contribution < 1.29 is 4.84 Å². The number of fused-ring (bicyclic) bond motifs is 1. The van der Waals surface area contributed by atoms with Gasteiger partial charge in [-0.3, -0.25) is 0 Å². The molecule has 0 spiro atoms. The Balaban J connectivity index is 2.48. The number of hydrogen-bond donors (Lipinski definition) is 3. The quantitative estimate of drug-likeness (QED) is 0.657. The van der Waals surface area contributed by atoms with Crippen LogP contribution in [0.15, 0.2) is 24.4 Å². The Bertz CT molecular complexity index is 450. The van der Waals surface area contributed by atoms with E-state index in [0.717, 1.165) is 17.7 Å². The molecule has 0 saturated heterocycles. The third kappa shape index (κ3) is 1.82. The maximum atomic E-state index is 5.55. The first-order chi connectivity index (χ1) is 7.36. The first-order valence-electron chi connectivity index (χ1n) is 4.99. The van der Waals surface area contributed by atoms with Gasteiger partial charge in [0, 0.05) is 18.6 Å². The molecule has 1 heterocycles. The van der Waals surface area contributed by atoms with Crippen LogP contribution in [0.4, 0.5) is 0 Å². The molecule has 2 aromatic rings. The zero-order chi connectivity index (χ0) is 10.7. The van der Waals surface area contributed by atoms with E-state index < -0.39 is 0 Å². The van der Waals surface area contributed by atoms with Crippen LogP contribution < -0.4 is 16.1 Å². The van der Waals surface area contributed by atoms with Crippen molar-refractivity contribution in [3.05, 3.63) is 30.0 Å². The van der Waals surface area contributed by atoms with Gasteiger partial charge in [0.25, 0.3) is 0 Å². The van der Waals surface area contributed by atoms with E-state index in [1.807, 2.05) is 18.3 Å². The number of nitrogens with two attached hydrogens (primary N) is 1. The SMILES string of the molecule is CNOc1cccc2c(CCN)c[nH]c12. The van der Waals surface area contributed by atoms with E-state index in [9.17, 15) is 0 Å². The molecule has 0 aliphatic rings. The second-order valence-electron chi connectivity index (χ2n) is 3.34. The number of hydroxylamine groups is 1. The van der Waals surface area contributed by atoms with E-state index in [-0.39, 0.29) is 0 Å². The third-order valence-electron chi connectivity index (χ3n) is 2.39. The fourth-order valence-electron chi connectivity index (χ4n) is 1.74. The summed E-state index contributed by atoms with van der Waals surface area (Å²) in [7, 11) is 1.74. The summed E-state index contributed by atoms with van der Waals surface area (Å²) in [5, 5.41) is 1.17. The van der Waals surface area contributed by atoms with Crippen LogP contribution in [0, 0.1) is 0 Å². The van der Waals surface area contributed by atoms with Crippen molar-refractivity contribution in [3.8, 4) is 5.75 Å². The number of benzene rings is 1. The van der Waals surface area contributed by atoms with Crippen molar-refractivity contribution in [2.45, 2.75) is 6.42 Å². The molecule has 0 aliphatic carbocycles. The molecule has 0 radical (unpaired) electrons. The summed E-state index contributed by atoms with van der Waals surface area (Å²) in [6, 6.07) is 5.96. The van der Waals surface area contributed by atoms with Gasteiger partial charge in [-0.25, -0.2) is 0 Å². The summed E-state index contributed by atoms with van der Waals surface area (Å²) < 4.78 is 0. The third-order valence-corrected chi connectivity index (χ3v) is 2.39. The molecule has 2 rings (SSSR count). The maximum Gasteiger partial charge on any atom is 0.171 e. The van der Waals surface area contributed by atoms with Crippen LogP contribution in [0.5, 0.6) is 5.75 Å². The molecular weight excluding hydrogens is 190 g/mol. The van der Waals surface area contributed by atoms with Crippen molar-refractivity contribution >= 4 is 10.9 Å². The molecule has 0 bridgehead atoms. The molecule has 0 aliphatic heterocycles. The van der Waals surface area contributed by atoms with E-state index in [4.69, 9.17) is 10.6 Å². The predicted molar refractivity (Wildman–Crippen MR) is 60.7 cm³/mol. The monoisotopic (exact) mass is 205 g/mol. The summed E-state index contributed by atoms with van der Waals surface area (Å²) in [4.78, 5) is 8.50. The van der Waals surface area contributed by atoms with E-state index in [1.54, 1.807) is 7.05 Å². The summed E-state index contributed by atoms with van der Waals surface area (Å²) in [6.45, 7) is 0.657. The predicted octanol–water partition coefficient (Wildman–Crippen LogP) is 1.18. The standard InChI is InChI=1S/C11H15N3O/c1-13-15-10-4-2-3-9-8(5-6-12)7-14-11(9)10/h2-4,7,13-14H,5-6,12H2,1H3. The average molecular weight is 205 g/mol. The van der Waals surface area contributed by atoms with Gasteiger partial charge in [0.2, 0.25) is 0 Å². The minimum atomic E-state index is 0.657. The lowest BCUT2D eigenvalue weighted by Gasteiger charge is -2.04. The van der Waals surface area contributed by atoms with Crippen LogP contribution in [-0.2, 0) is 6.42 Å². The lowest BCUT2D eigenvalue weighted by Crippen LogP contribution is -2.11. The molecular formula is C11H15N3O. The lowest BCUT2D eigenvalue weighted by molar-refractivity contribution is 0.226. The average Bonchev–Trinajstić information content (AvgIpc) is 2.64. The Morgan fingerprint density at radius 3 is 3.07 bits per heavy atom. The van der Waals surface area contributed by atoms with Gasteiger partial charge >= 0.3 is 0 Å². The summed E-state index contributed by atoms with van der Waals surface area (Å²) in [5.74, 6) is 0.804. The molecule has 0 atom stereocenters. The van der Waals surface area contributed by atoms with Gasteiger partial charge in [-0.2, -0.15) is 5.48 Å². The van der Waals surface area contributed by atoms with Crippen LogP contribution in [-0.4, -0.2) is 18.6 Å². The molecule has 4 nitrogen and oxygen atoms in total. The number of hydrogen-bond acceptors (Lipinski definition) is 3. The number of rotatable bonds is 4. The number of aromatic nitrogens is 1. The fraction of sp³-hybridized carbons (Fsp3) is 0.273. The minimum Gasteiger partial charge on any atom is -0.407 e. The molecule has 0 fully saturated rings. The van der Waals surface area contributed by atoms with Gasteiger partial charge in [0.15, 0.2) is 5.75 Å². The van der Waals surface area contributed by atoms with E-state index in [2.05, 4.69) is 16.5 Å². The first-order valence-corrected chi connectivity index (χ1v) is 4.99. The van der Waals surface area contributed by atoms with Gasteiger partial charge in [0.05, 0.1) is 5.52 Å². The molecule has 4 heteroatoms. The highest BCUT2D eigenvalue weighted by Crippen LogP contribution is 2.26. The second-order valence-corrected chi connectivity index (χ2v) is 3.34. The van der Waals surface area contributed by atoms with E-state index in [0.29, 0.717) is 6.54 Å². The second kappa shape index (κ2) is 4.33. The van der Waals surface area contributed by atoms with Crippen molar-refractivity contribution in [1.82, 2.24) is 10.5 Å². The van der Waals surface area contributed by atoms with Gasteiger partial charge in [-0.05, 0) is 24.6 Å². The smallest absolute Gasteiger partial charge is 0.171 e. The largest absolute Gasteiger partial charge is 0.407 e. The van der Waals surface area contributed by atoms with Crippen LogP contribution in [0.3, 0.4) is 0 Å². The topological polar surface area (TPSA) is 63.1 Å². The number of H-pyrrole nitrogens is 1. The summed E-state index contributed by atoms with van der Waals surface area (Å²) in [5.41, 5.74) is 10.5. The highest BCUT2D eigenvalue weighted by Gasteiger charge is 2.07. The normalized spacial score (nSPS) is 10.8. The Hall–Kier alpha value is -1.52. The lowest BCUT2D eigenvalue weighted by atomic mass is 10.1. The van der Waals surface area contributed by atoms with Gasteiger partial charge in [-0.1, -0.05) is 12.1 Å². The highest BCUT2D eigenvalue weighted by molar-refractivity contribution is 5.88. The molecule has 0 saturated carbocycles. The van der Waals surface area contributed by atoms with Crippen LogP contribution in [0.2, 0.25) is 0 Å². The Labute approximate surface area is 88.4 Å². The Morgan fingerprint density at radius 2 is 2.33 bits per heavy atom. The van der Waals surface area contributed by atoms with Crippen LogP contribution >= 0.6 is 0 Å². The van der Waals surface area contributed by atoms with Crippen molar-refractivity contribution in [2.24, 2.45) is 5.73 Å². The van der Waals surface area contributed by atoms with Gasteiger partial charge < -0.3 is 15.6 Å². The molecule has 0 unspecified atom stereocenters. The molecule has 80 valence electrons. The first kappa shape index (κ1) is 10.0. The number of nitrogens with one attached hydrogen (secondary N) is 2. The van der Waals surface area contributed by atoms with E-state index in [1.165, 1.54) is 10.9 Å². The summed E-state index contributed by atoms with van der Waals surface area (Å²) >= 11 is 0. The molecule has 4 N–H and O–H groups in total. The van der Waals surface area contributed by atoms with Crippen LogP contribution in [0.1, 0.15) is 5.56 Å². The fourth-order valence-corrected chi connectivity index (χ4v) is 1.74. The van der Waals surface area contributed by atoms with E-state index >= 15 is 0 Å². The van der Waals surface area contributed by atoms with Gasteiger partial charge in [0.1, 0.15) is 0 Å². The molecule has 0 amide bonds. The number of para-hydroxylation sites is 1. The Morgan fingerprint density at radius 1 is 1.47 bits per heavy atom. The number of aromatic amines is 1. The highest BCUT2D eigenvalue weighted by atomic mass is 16.6. The maximum absolute atomic E-state index is 5.55. The van der Waals surface area contributed by atoms with Crippen LogP contribution in [0.25, 0.3) is 10.9 Å². The molecule has 1 aromatic heterocycles. The van der Waals surface area contributed by atoms with Crippen molar-refractivity contribution in [3.63, 3.8) is 0 Å². The minimum absolute atomic E-state index is 0.657. The molecule has 15 heavy (non-hydrogen) atoms. The summed E-state index contributed by atoms with van der Waals surface area (Å²) in [6.07, 6.45) is 2.86. The van der Waals surface area contributed by atoms with Gasteiger partial charge in [-0.15, -0.1) is 0 Å². The van der Waals surface area contributed by atoms with Crippen molar-refractivity contribution in [1.29, 1.82) is 0 Å².